The van der Waals surface area contributed by atoms with Gasteiger partial charge in [0.25, 0.3) is 5.92 Å². The number of allylic oxidation sites excluding steroid dienone is 3. The van der Waals surface area contributed by atoms with Gasteiger partial charge < -0.3 is 19.3 Å². The Balaban J connectivity index is 1.99. The summed E-state index contributed by atoms with van der Waals surface area (Å²) in [4.78, 5) is 11.2. The first kappa shape index (κ1) is 28.7. The van der Waals surface area contributed by atoms with Crippen molar-refractivity contribution in [3.63, 3.8) is 0 Å². The fourth-order valence-corrected chi connectivity index (χ4v) is 4.60. The summed E-state index contributed by atoms with van der Waals surface area (Å²) in [5.41, 5.74) is 0.769. The molecule has 5 nitrogen and oxygen atoms in total. The molecular formula is C27H42F2O5. The number of methoxy groups -OCH3 is 1. The molecule has 1 saturated heterocycles. The molecule has 2 aliphatic rings. The standard InChI is InChI=1S/C27H42F2O5/c1-4-5-13-24(34-26-15-10-11-18-33-26)27(28,29)17-16-21-20(2)19-23(30)22(21)12-8-6-7-9-14-25(31)32-3/h6,8,16-17,21-24,26,30H,2,4-5,7,9-15,18-19H2,1,3H3/t21-,22+,23-,24?,26?/m0/s1. The molecule has 0 aromatic rings. The lowest BCUT2D eigenvalue weighted by Crippen LogP contribution is -2.39. The first-order chi connectivity index (χ1) is 16.3. The second-order valence-corrected chi connectivity index (χ2v) is 9.39. The van der Waals surface area contributed by atoms with Crippen LogP contribution in [0, 0.1) is 11.8 Å². The molecular weight excluding hydrogens is 442 g/mol. The molecule has 2 fully saturated rings. The number of aliphatic hydroxyl groups is 1. The van der Waals surface area contributed by atoms with E-state index < -0.39 is 24.4 Å². The Morgan fingerprint density at radius 2 is 2.12 bits per heavy atom. The summed E-state index contributed by atoms with van der Waals surface area (Å²) in [5.74, 6) is -3.90. The normalized spacial score (nSPS) is 27.0. The fraction of sp³-hybridized carbons (Fsp3) is 0.741. The Hall–Kier alpha value is -1.57. The largest absolute Gasteiger partial charge is 0.469 e. The van der Waals surface area contributed by atoms with Crippen molar-refractivity contribution in [1.29, 1.82) is 0 Å². The topological polar surface area (TPSA) is 65.0 Å². The lowest BCUT2D eigenvalue weighted by Gasteiger charge is -2.31. The minimum absolute atomic E-state index is 0.201. The van der Waals surface area contributed by atoms with Crippen molar-refractivity contribution in [2.24, 2.45) is 11.8 Å². The Bertz CT molecular complexity index is 685. The molecule has 5 atom stereocenters. The van der Waals surface area contributed by atoms with Crippen LogP contribution in [0.3, 0.4) is 0 Å². The molecule has 0 spiro atoms. The van der Waals surface area contributed by atoms with Crippen LogP contribution in [-0.2, 0) is 19.0 Å². The highest BCUT2D eigenvalue weighted by Gasteiger charge is 2.41. The Kier molecular flexibility index (Phi) is 12.4. The van der Waals surface area contributed by atoms with Crippen LogP contribution >= 0.6 is 0 Å². The van der Waals surface area contributed by atoms with Gasteiger partial charge in [-0.2, -0.15) is 8.78 Å². The van der Waals surface area contributed by atoms with Gasteiger partial charge >= 0.3 is 5.97 Å². The van der Waals surface area contributed by atoms with Crippen LogP contribution in [0.2, 0.25) is 0 Å². The van der Waals surface area contributed by atoms with Crippen LogP contribution in [0.15, 0.2) is 36.5 Å². The third-order valence-electron chi connectivity index (χ3n) is 6.68. The summed E-state index contributed by atoms with van der Waals surface area (Å²) in [7, 11) is 1.37. The number of alkyl halides is 2. The summed E-state index contributed by atoms with van der Waals surface area (Å²) < 4.78 is 46.4. The first-order valence-electron chi connectivity index (χ1n) is 12.7. The minimum atomic E-state index is -3.14. The molecule has 0 bridgehead atoms. The van der Waals surface area contributed by atoms with E-state index in [-0.39, 0.29) is 24.2 Å². The van der Waals surface area contributed by atoms with E-state index in [0.29, 0.717) is 45.1 Å². The van der Waals surface area contributed by atoms with Gasteiger partial charge in [-0.05, 0) is 63.4 Å². The quantitative estimate of drug-likeness (QED) is 0.183. The number of rotatable bonds is 14. The maximum absolute atomic E-state index is 15.2. The summed E-state index contributed by atoms with van der Waals surface area (Å²) in [6, 6.07) is 0. The Morgan fingerprint density at radius 3 is 2.79 bits per heavy atom. The molecule has 1 saturated carbocycles. The van der Waals surface area contributed by atoms with E-state index in [1.165, 1.54) is 13.2 Å². The van der Waals surface area contributed by atoms with E-state index in [2.05, 4.69) is 11.3 Å². The van der Waals surface area contributed by atoms with Crippen molar-refractivity contribution < 1.29 is 32.9 Å². The van der Waals surface area contributed by atoms with Crippen LogP contribution in [0.4, 0.5) is 8.78 Å². The third-order valence-corrected chi connectivity index (χ3v) is 6.68. The maximum Gasteiger partial charge on any atom is 0.305 e. The highest BCUT2D eigenvalue weighted by Crippen LogP contribution is 2.40. The van der Waals surface area contributed by atoms with Crippen molar-refractivity contribution in [2.75, 3.05) is 13.7 Å². The lowest BCUT2D eigenvalue weighted by molar-refractivity contribution is -0.229. The van der Waals surface area contributed by atoms with E-state index in [1.807, 2.05) is 19.1 Å². The zero-order valence-corrected chi connectivity index (χ0v) is 20.7. The second-order valence-electron chi connectivity index (χ2n) is 9.39. The van der Waals surface area contributed by atoms with E-state index in [9.17, 15) is 9.90 Å². The summed E-state index contributed by atoms with van der Waals surface area (Å²) in [6.45, 7) is 6.55. The van der Waals surface area contributed by atoms with Crippen LogP contribution in [0.5, 0.6) is 0 Å². The van der Waals surface area contributed by atoms with Crippen molar-refractivity contribution in [3.8, 4) is 0 Å². The first-order valence-corrected chi connectivity index (χ1v) is 12.7. The van der Waals surface area contributed by atoms with Gasteiger partial charge in [0.2, 0.25) is 0 Å². The predicted octanol–water partition coefficient (Wildman–Crippen LogP) is 6.12. The molecule has 1 heterocycles. The average molecular weight is 485 g/mol. The Morgan fingerprint density at radius 1 is 1.32 bits per heavy atom. The molecule has 2 rings (SSSR count). The van der Waals surface area contributed by atoms with Gasteiger partial charge in [-0.1, -0.05) is 50.1 Å². The monoisotopic (exact) mass is 484 g/mol. The SMILES string of the molecule is C=C1C[C@H](O)[C@H](CC=CCCCC(=O)OC)[C@H]1C=CC(F)(F)C(CCCC)OC1CCCCO1. The highest BCUT2D eigenvalue weighted by molar-refractivity contribution is 5.69. The molecule has 194 valence electrons. The van der Waals surface area contributed by atoms with Gasteiger partial charge in [0.1, 0.15) is 6.10 Å². The number of halogens is 2. The van der Waals surface area contributed by atoms with Crippen molar-refractivity contribution in [2.45, 2.75) is 102 Å². The molecule has 1 N–H and O–H groups in total. The van der Waals surface area contributed by atoms with Crippen LogP contribution in [0.1, 0.15) is 77.6 Å². The molecule has 34 heavy (non-hydrogen) atoms. The van der Waals surface area contributed by atoms with Crippen molar-refractivity contribution in [3.05, 3.63) is 36.5 Å². The van der Waals surface area contributed by atoms with Crippen LogP contribution in [0.25, 0.3) is 0 Å². The number of esters is 1. The summed E-state index contributed by atoms with van der Waals surface area (Å²) in [5, 5.41) is 10.5. The number of aliphatic hydroxyl groups excluding tert-OH is 1. The van der Waals surface area contributed by atoms with Crippen molar-refractivity contribution in [1.82, 2.24) is 0 Å². The lowest BCUT2D eigenvalue weighted by atomic mass is 9.88. The molecule has 1 aliphatic heterocycles. The van der Waals surface area contributed by atoms with Crippen molar-refractivity contribution >= 4 is 5.97 Å². The number of carbonyl (C=O) groups excluding carboxylic acids is 1. The zero-order valence-electron chi connectivity index (χ0n) is 20.7. The van der Waals surface area contributed by atoms with Gasteiger partial charge in [-0.25, -0.2) is 0 Å². The van der Waals surface area contributed by atoms with Gasteiger partial charge in [0.05, 0.1) is 13.2 Å². The van der Waals surface area contributed by atoms with Gasteiger partial charge in [0.15, 0.2) is 6.29 Å². The van der Waals surface area contributed by atoms with E-state index in [0.717, 1.165) is 37.3 Å². The highest BCUT2D eigenvalue weighted by atomic mass is 19.3. The third kappa shape index (κ3) is 9.23. The summed E-state index contributed by atoms with van der Waals surface area (Å²) in [6.07, 6.45) is 10.9. The fourth-order valence-electron chi connectivity index (χ4n) is 4.60. The molecule has 0 aromatic heterocycles. The molecule has 0 radical (unpaired) electrons. The Labute approximate surface area is 203 Å². The van der Waals surface area contributed by atoms with E-state index in [1.54, 1.807) is 0 Å². The van der Waals surface area contributed by atoms with E-state index in [4.69, 9.17) is 9.47 Å². The molecule has 7 heteroatoms. The smallest absolute Gasteiger partial charge is 0.305 e. The zero-order chi connectivity index (χ0) is 25.0. The van der Waals surface area contributed by atoms with Gasteiger partial charge in [-0.3, -0.25) is 4.79 Å². The average Bonchev–Trinajstić information content (AvgIpc) is 3.09. The number of unbranched alkanes of at least 4 members (excludes halogenated alkanes) is 2. The second kappa shape index (κ2) is 14.7. The van der Waals surface area contributed by atoms with Crippen LogP contribution in [-0.4, -0.2) is 49.2 Å². The molecule has 0 amide bonds. The van der Waals surface area contributed by atoms with E-state index >= 15 is 8.78 Å². The minimum Gasteiger partial charge on any atom is -0.469 e. The maximum atomic E-state index is 15.2. The number of ether oxygens (including phenoxy) is 3. The summed E-state index contributed by atoms with van der Waals surface area (Å²) >= 11 is 0. The number of carbonyl (C=O) groups is 1. The molecule has 0 aromatic carbocycles. The number of hydrogen-bond donors (Lipinski definition) is 1. The van der Waals surface area contributed by atoms with Gasteiger partial charge in [-0.15, -0.1) is 0 Å². The van der Waals surface area contributed by atoms with Gasteiger partial charge in [0, 0.05) is 18.9 Å². The predicted molar refractivity (Wildman–Crippen MR) is 128 cm³/mol. The number of hydrogen-bond acceptors (Lipinski definition) is 5. The molecule has 1 aliphatic carbocycles. The molecule has 2 unspecified atom stereocenters. The van der Waals surface area contributed by atoms with Crippen LogP contribution < -0.4 is 0 Å².